The molecule has 14 heavy (non-hydrogen) atoms. The predicted molar refractivity (Wildman–Crippen MR) is 53.4 cm³/mol. The Morgan fingerprint density at radius 2 is 2.00 bits per heavy atom. The topological polar surface area (TPSA) is 67.2 Å². The number of carbonyl (C=O) groups excluding carboxylic acids is 2. The van der Waals surface area contributed by atoms with Crippen molar-refractivity contribution in [3.05, 3.63) is 0 Å². The van der Waals surface area contributed by atoms with Crippen LogP contribution in [-0.2, 0) is 14.3 Å². The van der Waals surface area contributed by atoms with Gasteiger partial charge in [-0.2, -0.15) is 0 Å². The lowest BCUT2D eigenvalue weighted by Gasteiger charge is -2.20. The van der Waals surface area contributed by atoms with Crippen molar-refractivity contribution in [1.29, 1.82) is 5.41 Å². The number of aldehydes is 1. The van der Waals surface area contributed by atoms with E-state index in [9.17, 15) is 9.59 Å². The Morgan fingerprint density at radius 1 is 1.50 bits per heavy atom. The molecule has 4 heteroatoms. The second-order valence-corrected chi connectivity index (χ2v) is 4.07. The van der Waals surface area contributed by atoms with E-state index in [0.717, 1.165) is 0 Å². The van der Waals surface area contributed by atoms with E-state index in [0.29, 0.717) is 12.7 Å². The minimum atomic E-state index is -0.712. The summed E-state index contributed by atoms with van der Waals surface area (Å²) in [6.45, 7) is 6.91. The summed E-state index contributed by atoms with van der Waals surface area (Å²) in [5.74, 6) is -1.36. The van der Waals surface area contributed by atoms with E-state index in [2.05, 4.69) is 0 Å². The van der Waals surface area contributed by atoms with Crippen molar-refractivity contribution in [2.24, 2.45) is 5.92 Å². The summed E-state index contributed by atoms with van der Waals surface area (Å²) in [5, 5.41) is 7.43. The van der Waals surface area contributed by atoms with Gasteiger partial charge >= 0.3 is 5.97 Å². The van der Waals surface area contributed by atoms with Crippen LogP contribution in [0.2, 0.25) is 0 Å². The zero-order valence-electron chi connectivity index (χ0n) is 9.09. The van der Waals surface area contributed by atoms with Crippen LogP contribution in [0, 0.1) is 11.3 Å². The van der Waals surface area contributed by atoms with E-state index in [4.69, 9.17) is 10.1 Å². The highest BCUT2D eigenvalue weighted by Gasteiger charge is 2.24. The Morgan fingerprint density at radius 3 is 2.29 bits per heavy atom. The number of nitrogens with one attached hydrogen (secondary N) is 1. The molecule has 1 atom stereocenters. The van der Waals surface area contributed by atoms with E-state index in [-0.39, 0.29) is 5.71 Å². The van der Waals surface area contributed by atoms with Crippen LogP contribution in [0.4, 0.5) is 0 Å². The summed E-state index contributed by atoms with van der Waals surface area (Å²) in [5.41, 5.74) is -0.887. The molecule has 0 aliphatic heterocycles. The van der Waals surface area contributed by atoms with Crippen LogP contribution in [-0.4, -0.2) is 23.6 Å². The van der Waals surface area contributed by atoms with Crippen molar-refractivity contribution in [1.82, 2.24) is 0 Å². The molecule has 0 radical (unpaired) electrons. The molecule has 0 spiro atoms. The molecule has 4 nitrogen and oxygen atoms in total. The van der Waals surface area contributed by atoms with Gasteiger partial charge in [0.25, 0.3) is 0 Å². The fourth-order valence-electron chi connectivity index (χ4n) is 0.853. The third-order valence-corrected chi connectivity index (χ3v) is 1.59. The summed E-state index contributed by atoms with van der Waals surface area (Å²) in [6, 6.07) is 0. The molecule has 80 valence electrons. The van der Waals surface area contributed by atoms with Crippen molar-refractivity contribution in [3.63, 3.8) is 0 Å². The lowest BCUT2D eigenvalue weighted by molar-refractivity contribution is -0.146. The molecule has 0 aromatic rings. The van der Waals surface area contributed by atoms with Crippen LogP contribution in [0.1, 0.15) is 34.1 Å². The van der Waals surface area contributed by atoms with Crippen molar-refractivity contribution in [2.75, 3.05) is 0 Å². The van der Waals surface area contributed by atoms with E-state index < -0.39 is 17.5 Å². The molecule has 0 aliphatic carbocycles. The molecule has 0 aromatic carbocycles. The van der Waals surface area contributed by atoms with Gasteiger partial charge in [-0.05, 0) is 27.2 Å². The van der Waals surface area contributed by atoms with Crippen LogP contribution in [0.5, 0.6) is 0 Å². The van der Waals surface area contributed by atoms with E-state index >= 15 is 0 Å². The lowest BCUT2D eigenvalue weighted by atomic mass is 10.0. The maximum absolute atomic E-state index is 11.3. The summed E-state index contributed by atoms with van der Waals surface area (Å²) in [7, 11) is 0. The quantitative estimate of drug-likeness (QED) is 0.424. The monoisotopic (exact) mass is 199 g/mol. The van der Waals surface area contributed by atoms with E-state index in [1.165, 1.54) is 0 Å². The number of hydrogen-bond acceptors (Lipinski definition) is 4. The van der Waals surface area contributed by atoms with E-state index in [1.807, 2.05) is 0 Å². The standard InChI is InChI=1S/C10H17NO3/c1-5-7(6-12)8(11)9(13)14-10(2,3)4/h6-7,11H,5H2,1-4H3/t7-/m1/s1. The molecular formula is C10H17NO3. The van der Waals surface area contributed by atoms with Gasteiger partial charge in [-0.3, -0.25) is 5.41 Å². The van der Waals surface area contributed by atoms with Crippen LogP contribution >= 0.6 is 0 Å². The fraction of sp³-hybridized carbons (Fsp3) is 0.700. The molecule has 0 saturated carbocycles. The summed E-state index contributed by atoms with van der Waals surface area (Å²) < 4.78 is 4.96. The average Bonchev–Trinajstić information content (AvgIpc) is 2.03. The van der Waals surface area contributed by atoms with E-state index in [1.54, 1.807) is 27.7 Å². The van der Waals surface area contributed by atoms with Crippen LogP contribution in [0.25, 0.3) is 0 Å². The SMILES string of the molecule is CC[C@H](C=O)C(=N)C(=O)OC(C)(C)C. The van der Waals surface area contributed by atoms with Gasteiger partial charge in [0.05, 0.1) is 5.92 Å². The zero-order chi connectivity index (χ0) is 11.4. The minimum Gasteiger partial charge on any atom is -0.455 e. The van der Waals surface area contributed by atoms with Gasteiger partial charge in [-0.15, -0.1) is 0 Å². The third-order valence-electron chi connectivity index (χ3n) is 1.59. The fourth-order valence-corrected chi connectivity index (χ4v) is 0.853. The summed E-state index contributed by atoms with van der Waals surface area (Å²) in [4.78, 5) is 21.8. The highest BCUT2D eigenvalue weighted by Crippen LogP contribution is 2.10. The number of ether oxygens (including phenoxy) is 1. The second-order valence-electron chi connectivity index (χ2n) is 4.07. The number of rotatable bonds is 4. The molecule has 1 N–H and O–H groups in total. The largest absolute Gasteiger partial charge is 0.455 e. The Balaban J connectivity index is 4.40. The average molecular weight is 199 g/mol. The molecule has 0 amide bonds. The Labute approximate surface area is 84.1 Å². The van der Waals surface area contributed by atoms with Gasteiger partial charge in [0.2, 0.25) is 0 Å². The van der Waals surface area contributed by atoms with Crippen LogP contribution < -0.4 is 0 Å². The molecule has 0 saturated heterocycles. The van der Waals surface area contributed by atoms with Gasteiger partial charge in [-0.1, -0.05) is 6.92 Å². The van der Waals surface area contributed by atoms with Gasteiger partial charge in [0, 0.05) is 0 Å². The molecule has 0 unspecified atom stereocenters. The first-order valence-electron chi connectivity index (χ1n) is 4.59. The number of hydrogen-bond donors (Lipinski definition) is 1. The highest BCUT2D eigenvalue weighted by molar-refractivity contribution is 6.38. The second kappa shape index (κ2) is 4.88. The first kappa shape index (κ1) is 12.8. The van der Waals surface area contributed by atoms with Gasteiger partial charge < -0.3 is 9.53 Å². The van der Waals surface area contributed by atoms with Crippen molar-refractivity contribution >= 4 is 18.0 Å². The first-order valence-corrected chi connectivity index (χ1v) is 4.59. The molecule has 0 aromatic heterocycles. The molecule has 0 fully saturated rings. The van der Waals surface area contributed by atoms with Gasteiger partial charge in [-0.25, -0.2) is 4.79 Å². The Kier molecular flexibility index (Phi) is 4.47. The normalized spacial score (nSPS) is 13.1. The van der Waals surface area contributed by atoms with Crippen molar-refractivity contribution in [3.8, 4) is 0 Å². The van der Waals surface area contributed by atoms with Crippen LogP contribution in [0.3, 0.4) is 0 Å². The number of esters is 1. The van der Waals surface area contributed by atoms with Crippen molar-refractivity contribution < 1.29 is 14.3 Å². The maximum Gasteiger partial charge on any atom is 0.353 e. The third kappa shape index (κ3) is 4.16. The smallest absolute Gasteiger partial charge is 0.353 e. The Bertz CT molecular complexity index is 240. The molecule has 0 rings (SSSR count). The highest BCUT2D eigenvalue weighted by atomic mass is 16.6. The molecular weight excluding hydrogens is 182 g/mol. The van der Waals surface area contributed by atoms with Crippen molar-refractivity contribution in [2.45, 2.75) is 39.7 Å². The lowest BCUT2D eigenvalue weighted by Crippen LogP contribution is -2.32. The van der Waals surface area contributed by atoms with Gasteiger partial charge in [0.15, 0.2) is 0 Å². The predicted octanol–water partition coefficient (Wildman–Crippen LogP) is 1.57. The van der Waals surface area contributed by atoms with Crippen LogP contribution in [0.15, 0.2) is 0 Å². The minimum absolute atomic E-state index is 0.266. The first-order chi connectivity index (χ1) is 6.31. The molecule has 0 aliphatic rings. The zero-order valence-corrected chi connectivity index (χ0v) is 9.09. The van der Waals surface area contributed by atoms with Gasteiger partial charge in [0.1, 0.15) is 17.6 Å². The Hall–Kier alpha value is -1.19. The number of carbonyl (C=O) groups is 2. The summed E-state index contributed by atoms with van der Waals surface area (Å²) in [6.07, 6.45) is 1.05. The maximum atomic E-state index is 11.3. The molecule has 0 bridgehead atoms. The summed E-state index contributed by atoms with van der Waals surface area (Å²) >= 11 is 0. The molecule has 0 heterocycles.